The Labute approximate surface area is 113 Å². The van der Waals surface area contributed by atoms with Gasteiger partial charge in [-0.3, -0.25) is 4.79 Å². The van der Waals surface area contributed by atoms with Crippen LogP contribution in [-0.2, 0) is 0 Å². The van der Waals surface area contributed by atoms with E-state index in [0.717, 1.165) is 12.4 Å². The zero-order chi connectivity index (χ0) is 13.6. The first kappa shape index (κ1) is 14.8. The smallest absolute Gasteiger partial charge is 0.270 e. The monoisotopic (exact) mass is 267 g/mol. The number of rotatable bonds is 6. The standard InChI is InChI=1S/C13H21N3OS/c1-5-14-11-8-6-7-10(16-11)12(17)15-9-13(2,3)18-4/h6-8H,5,9H2,1-4H3,(H,14,16)(H,15,17). The summed E-state index contributed by atoms with van der Waals surface area (Å²) >= 11 is 1.73. The predicted octanol–water partition coefficient (Wildman–Crippen LogP) is 2.38. The zero-order valence-electron chi connectivity index (χ0n) is 11.4. The molecule has 4 nitrogen and oxygen atoms in total. The number of hydrogen-bond acceptors (Lipinski definition) is 4. The molecule has 1 aromatic rings. The number of carbonyl (C=O) groups excluding carboxylic acids is 1. The molecule has 0 aliphatic carbocycles. The molecule has 2 N–H and O–H groups in total. The first-order valence-electron chi connectivity index (χ1n) is 6.03. The maximum Gasteiger partial charge on any atom is 0.270 e. The summed E-state index contributed by atoms with van der Waals surface area (Å²) in [6, 6.07) is 5.41. The molecular formula is C13H21N3OS. The number of carbonyl (C=O) groups is 1. The van der Waals surface area contributed by atoms with Crippen LogP contribution in [0.25, 0.3) is 0 Å². The molecule has 18 heavy (non-hydrogen) atoms. The zero-order valence-corrected chi connectivity index (χ0v) is 12.2. The summed E-state index contributed by atoms with van der Waals surface area (Å²) in [5, 5.41) is 6.00. The number of amides is 1. The third-order valence-corrected chi connectivity index (χ3v) is 3.82. The average Bonchev–Trinajstić information content (AvgIpc) is 2.37. The lowest BCUT2D eigenvalue weighted by atomic mass is 10.2. The molecule has 0 spiro atoms. The summed E-state index contributed by atoms with van der Waals surface area (Å²) in [4.78, 5) is 16.2. The van der Waals surface area contributed by atoms with Gasteiger partial charge in [0, 0.05) is 17.8 Å². The molecular weight excluding hydrogens is 246 g/mol. The maximum absolute atomic E-state index is 12.0. The van der Waals surface area contributed by atoms with E-state index < -0.39 is 0 Å². The first-order valence-corrected chi connectivity index (χ1v) is 7.25. The molecule has 0 aliphatic rings. The molecule has 100 valence electrons. The summed E-state index contributed by atoms with van der Waals surface area (Å²) in [6.45, 7) is 7.61. The molecule has 1 amide bonds. The van der Waals surface area contributed by atoms with E-state index in [1.54, 1.807) is 17.8 Å². The van der Waals surface area contributed by atoms with Gasteiger partial charge in [0.15, 0.2) is 0 Å². The van der Waals surface area contributed by atoms with Gasteiger partial charge in [-0.15, -0.1) is 0 Å². The highest BCUT2D eigenvalue weighted by Crippen LogP contribution is 2.19. The lowest BCUT2D eigenvalue weighted by molar-refractivity contribution is 0.0946. The van der Waals surface area contributed by atoms with E-state index in [0.29, 0.717) is 12.2 Å². The molecule has 0 radical (unpaired) electrons. The number of nitrogens with one attached hydrogen (secondary N) is 2. The highest BCUT2D eigenvalue weighted by molar-refractivity contribution is 7.99. The molecule has 5 heteroatoms. The van der Waals surface area contributed by atoms with Gasteiger partial charge in [-0.1, -0.05) is 6.07 Å². The fourth-order valence-corrected chi connectivity index (χ4v) is 1.51. The Balaban J connectivity index is 2.64. The van der Waals surface area contributed by atoms with Crippen molar-refractivity contribution in [3.8, 4) is 0 Å². The SMILES string of the molecule is CCNc1cccc(C(=O)NCC(C)(C)SC)n1. The van der Waals surface area contributed by atoms with Gasteiger partial charge in [-0.05, 0) is 39.2 Å². The van der Waals surface area contributed by atoms with Crippen molar-refractivity contribution in [2.24, 2.45) is 0 Å². The Morgan fingerprint density at radius 3 is 2.78 bits per heavy atom. The van der Waals surface area contributed by atoms with Crippen LogP contribution < -0.4 is 10.6 Å². The third kappa shape index (κ3) is 4.56. The van der Waals surface area contributed by atoms with Crippen LogP contribution in [0.15, 0.2) is 18.2 Å². The molecule has 0 aromatic carbocycles. The van der Waals surface area contributed by atoms with E-state index in [-0.39, 0.29) is 10.7 Å². The predicted molar refractivity (Wildman–Crippen MR) is 78.3 cm³/mol. The molecule has 1 rings (SSSR count). The number of aromatic nitrogens is 1. The second-order valence-corrected chi connectivity index (χ2v) is 6.10. The average molecular weight is 267 g/mol. The minimum atomic E-state index is -0.128. The minimum Gasteiger partial charge on any atom is -0.370 e. The van der Waals surface area contributed by atoms with Crippen molar-refractivity contribution in [3.05, 3.63) is 23.9 Å². The van der Waals surface area contributed by atoms with E-state index in [1.807, 2.05) is 25.3 Å². The normalized spacial score (nSPS) is 11.1. The summed E-state index contributed by atoms with van der Waals surface area (Å²) in [6.07, 6.45) is 2.04. The fraction of sp³-hybridized carbons (Fsp3) is 0.538. The number of pyridine rings is 1. The van der Waals surface area contributed by atoms with Crippen LogP contribution in [0, 0.1) is 0 Å². The van der Waals surface area contributed by atoms with Crippen molar-refractivity contribution < 1.29 is 4.79 Å². The Morgan fingerprint density at radius 2 is 2.17 bits per heavy atom. The molecule has 1 heterocycles. The maximum atomic E-state index is 12.0. The van der Waals surface area contributed by atoms with Crippen LogP contribution in [-0.4, -0.2) is 35.0 Å². The second kappa shape index (κ2) is 6.64. The van der Waals surface area contributed by atoms with Crippen LogP contribution in [0.3, 0.4) is 0 Å². The number of anilines is 1. The molecule has 0 saturated carbocycles. The van der Waals surface area contributed by atoms with E-state index >= 15 is 0 Å². The van der Waals surface area contributed by atoms with Crippen molar-refractivity contribution in [2.45, 2.75) is 25.5 Å². The van der Waals surface area contributed by atoms with Crippen LogP contribution in [0.2, 0.25) is 0 Å². The summed E-state index contributed by atoms with van der Waals surface area (Å²) in [5.41, 5.74) is 0.449. The van der Waals surface area contributed by atoms with Crippen LogP contribution in [0.1, 0.15) is 31.3 Å². The molecule has 0 bridgehead atoms. The Hall–Kier alpha value is -1.23. The van der Waals surface area contributed by atoms with Gasteiger partial charge < -0.3 is 10.6 Å². The van der Waals surface area contributed by atoms with Crippen molar-refractivity contribution in [3.63, 3.8) is 0 Å². The quantitative estimate of drug-likeness (QED) is 0.831. The lowest BCUT2D eigenvalue weighted by Crippen LogP contribution is -2.36. The highest BCUT2D eigenvalue weighted by atomic mass is 32.2. The number of nitrogens with zero attached hydrogens (tertiary/aromatic N) is 1. The fourth-order valence-electron chi connectivity index (χ4n) is 1.30. The Kier molecular flexibility index (Phi) is 5.47. The van der Waals surface area contributed by atoms with Gasteiger partial charge in [0.25, 0.3) is 5.91 Å². The van der Waals surface area contributed by atoms with E-state index in [1.165, 1.54) is 0 Å². The van der Waals surface area contributed by atoms with Gasteiger partial charge in [0.2, 0.25) is 0 Å². The molecule has 0 saturated heterocycles. The van der Waals surface area contributed by atoms with Crippen molar-refractivity contribution >= 4 is 23.5 Å². The molecule has 0 fully saturated rings. The van der Waals surface area contributed by atoms with Gasteiger partial charge in [-0.2, -0.15) is 11.8 Å². The van der Waals surface area contributed by atoms with Crippen molar-refractivity contribution in [2.75, 3.05) is 24.7 Å². The summed E-state index contributed by atoms with van der Waals surface area (Å²) < 4.78 is 0.0366. The van der Waals surface area contributed by atoms with E-state index in [9.17, 15) is 4.79 Å². The van der Waals surface area contributed by atoms with E-state index in [2.05, 4.69) is 29.5 Å². The first-order chi connectivity index (χ1) is 8.48. The summed E-state index contributed by atoms with van der Waals surface area (Å²) in [5.74, 6) is 0.603. The topological polar surface area (TPSA) is 54.0 Å². The van der Waals surface area contributed by atoms with Gasteiger partial charge in [0.05, 0.1) is 0 Å². The van der Waals surface area contributed by atoms with Crippen LogP contribution >= 0.6 is 11.8 Å². The molecule has 1 aromatic heterocycles. The van der Waals surface area contributed by atoms with Crippen LogP contribution in [0.5, 0.6) is 0 Å². The summed E-state index contributed by atoms with van der Waals surface area (Å²) in [7, 11) is 0. The third-order valence-electron chi connectivity index (χ3n) is 2.57. The van der Waals surface area contributed by atoms with Gasteiger partial charge >= 0.3 is 0 Å². The molecule has 0 atom stereocenters. The van der Waals surface area contributed by atoms with Gasteiger partial charge in [-0.25, -0.2) is 4.98 Å². The molecule has 0 aliphatic heterocycles. The largest absolute Gasteiger partial charge is 0.370 e. The van der Waals surface area contributed by atoms with Crippen LogP contribution in [0.4, 0.5) is 5.82 Å². The Morgan fingerprint density at radius 1 is 1.44 bits per heavy atom. The minimum absolute atomic E-state index is 0.0366. The second-order valence-electron chi connectivity index (χ2n) is 4.58. The van der Waals surface area contributed by atoms with Crippen molar-refractivity contribution in [1.29, 1.82) is 0 Å². The Bertz CT molecular complexity index is 407. The van der Waals surface area contributed by atoms with Gasteiger partial charge in [0.1, 0.15) is 11.5 Å². The number of hydrogen-bond donors (Lipinski definition) is 2. The van der Waals surface area contributed by atoms with E-state index in [4.69, 9.17) is 0 Å². The lowest BCUT2D eigenvalue weighted by Gasteiger charge is -2.22. The number of thioether (sulfide) groups is 1. The molecule has 0 unspecified atom stereocenters. The van der Waals surface area contributed by atoms with Crippen molar-refractivity contribution in [1.82, 2.24) is 10.3 Å². The highest BCUT2D eigenvalue weighted by Gasteiger charge is 2.18.